The lowest BCUT2D eigenvalue weighted by atomic mass is 9.86. The number of nitrogens with zero attached hydrogens (tertiary/aromatic N) is 2. The van der Waals surface area contributed by atoms with Gasteiger partial charge in [-0.15, -0.1) is 0 Å². The van der Waals surface area contributed by atoms with E-state index >= 15 is 0 Å². The molecule has 3 aliphatic rings. The Hall–Kier alpha value is -1.63. The molecule has 0 bridgehead atoms. The van der Waals surface area contributed by atoms with Crippen LogP contribution in [0.3, 0.4) is 0 Å². The van der Waals surface area contributed by atoms with Crippen molar-refractivity contribution < 1.29 is 13.0 Å². The summed E-state index contributed by atoms with van der Waals surface area (Å²) >= 11 is 0. The number of anilines is 1. The molecular formula is C15H16N2O3S. The van der Waals surface area contributed by atoms with Gasteiger partial charge in [0.2, 0.25) is 0 Å². The first-order valence-corrected chi connectivity index (χ1v) is 8.40. The van der Waals surface area contributed by atoms with Gasteiger partial charge in [0.15, 0.2) is 0 Å². The Kier molecular flexibility index (Phi) is 2.76. The van der Waals surface area contributed by atoms with Crippen LogP contribution in [0.2, 0.25) is 0 Å². The third-order valence-corrected chi connectivity index (χ3v) is 5.45. The first kappa shape index (κ1) is 13.1. The van der Waals surface area contributed by atoms with Crippen LogP contribution in [0.15, 0.2) is 42.0 Å². The molecule has 0 amide bonds. The largest absolute Gasteiger partial charge is 0.366 e. The maximum Gasteiger partial charge on any atom is 0.336 e. The van der Waals surface area contributed by atoms with Crippen molar-refractivity contribution in [2.24, 2.45) is 0 Å². The van der Waals surface area contributed by atoms with E-state index in [2.05, 4.69) is 29.2 Å². The number of rotatable bonds is 1. The molecule has 4 rings (SSSR count). The highest BCUT2D eigenvalue weighted by molar-refractivity contribution is 7.83. The lowest BCUT2D eigenvalue weighted by molar-refractivity contribution is 0.354. The van der Waals surface area contributed by atoms with E-state index in [4.69, 9.17) is 0 Å². The molecule has 21 heavy (non-hydrogen) atoms. The van der Waals surface area contributed by atoms with Gasteiger partial charge >= 0.3 is 10.3 Å². The second kappa shape index (κ2) is 4.43. The van der Waals surface area contributed by atoms with Gasteiger partial charge in [0.05, 0.1) is 0 Å². The molecule has 1 aromatic rings. The van der Waals surface area contributed by atoms with Gasteiger partial charge in [-0.25, -0.2) is 0 Å². The molecule has 0 saturated carbocycles. The summed E-state index contributed by atoms with van der Waals surface area (Å²) in [6, 6.07) is 6.03. The van der Waals surface area contributed by atoms with E-state index in [1.807, 2.05) is 12.1 Å². The summed E-state index contributed by atoms with van der Waals surface area (Å²) < 4.78 is 33.5. The highest BCUT2D eigenvalue weighted by Crippen LogP contribution is 2.44. The summed E-state index contributed by atoms with van der Waals surface area (Å²) in [5.41, 5.74) is 4.68. The van der Waals surface area contributed by atoms with Crippen LogP contribution in [0.1, 0.15) is 17.0 Å². The van der Waals surface area contributed by atoms with E-state index in [9.17, 15) is 13.0 Å². The minimum absolute atomic E-state index is 0.230. The molecule has 0 fully saturated rings. The van der Waals surface area contributed by atoms with Crippen molar-refractivity contribution in [3.63, 3.8) is 0 Å². The van der Waals surface area contributed by atoms with E-state index in [0.717, 1.165) is 22.1 Å². The van der Waals surface area contributed by atoms with Crippen molar-refractivity contribution in [1.29, 1.82) is 0 Å². The summed E-state index contributed by atoms with van der Waals surface area (Å²) in [4.78, 5) is 2.23. The SMILES string of the molecule is O=S(=O)(O)N1CCN2CC3=CC=CC3c3cccc(c32)C1. The van der Waals surface area contributed by atoms with Gasteiger partial charge in [0, 0.05) is 37.8 Å². The topological polar surface area (TPSA) is 60.9 Å². The third-order valence-electron chi connectivity index (χ3n) is 4.48. The quantitative estimate of drug-likeness (QED) is 0.802. The molecule has 0 saturated heterocycles. The Bertz CT molecular complexity index is 767. The van der Waals surface area contributed by atoms with Gasteiger partial charge in [0.25, 0.3) is 0 Å². The Balaban J connectivity index is 1.85. The maximum atomic E-state index is 11.5. The Morgan fingerprint density at radius 3 is 2.86 bits per heavy atom. The van der Waals surface area contributed by atoms with Crippen LogP contribution in [0.5, 0.6) is 0 Å². The van der Waals surface area contributed by atoms with Crippen LogP contribution < -0.4 is 4.90 Å². The normalized spacial score (nSPS) is 24.3. The van der Waals surface area contributed by atoms with Gasteiger partial charge in [-0.1, -0.05) is 36.4 Å². The van der Waals surface area contributed by atoms with E-state index in [-0.39, 0.29) is 6.54 Å². The zero-order chi connectivity index (χ0) is 14.6. The zero-order valence-electron chi connectivity index (χ0n) is 11.4. The lowest BCUT2D eigenvalue weighted by Crippen LogP contribution is -2.37. The molecule has 6 heteroatoms. The van der Waals surface area contributed by atoms with Crippen LogP contribution in [0.4, 0.5) is 5.69 Å². The van der Waals surface area contributed by atoms with E-state index in [1.54, 1.807) is 0 Å². The van der Waals surface area contributed by atoms with E-state index in [0.29, 0.717) is 19.0 Å². The third kappa shape index (κ3) is 2.02. The molecular weight excluding hydrogens is 288 g/mol. The first-order chi connectivity index (χ1) is 10.0. The van der Waals surface area contributed by atoms with Crippen LogP contribution in [0.25, 0.3) is 0 Å². The van der Waals surface area contributed by atoms with E-state index in [1.165, 1.54) is 11.1 Å². The van der Waals surface area contributed by atoms with Gasteiger partial charge in [-0.2, -0.15) is 12.7 Å². The van der Waals surface area contributed by atoms with Crippen LogP contribution in [-0.2, 0) is 16.8 Å². The highest BCUT2D eigenvalue weighted by Gasteiger charge is 2.34. The number of allylic oxidation sites excluding steroid dienone is 3. The molecule has 5 nitrogen and oxygen atoms in total. The second-order valence-corrected chi connectivity index (χ2v) is 7.10. The smallest absolute Gasteiger partial charge is 0.336 e. The average molecular weight is 304 g/mol. The number of hydrogen-bond donors (Lipinski definition) is 1. The highest BCUT2D eigenvalue weighted by atomic mass is 32.2. The lowest BCUT2D eigenvalue weighted by Gasteiger charge is -2.35. The summed E-state index contributed by atoms with van der Waals surface area (Å²) in [5, 5.41) is 0. The molecule has 2 aliphatic heterocycles. The monoisotopic (exact) mass is 304 g/mol. The molecule has 2 heterocycles. The van der Waals surface area contributed by atoms with Crippen molar-refractivity contribution in [3.05, 3.63) is 53.1 Å². The fourth-order valence-corrected chi connectivity index (χ4v) is 4.15. The van der Waals surface area contributed by atoms with Crippen LogP contribution in [-0.4, -0.2) is 36.9 Å². The van der Waals surface area contributed by atoms with E-state index < -0.39 is 10.3 Å². The fraction of sp³-hybridized carbons (Fsp3) is 0.333. The van der Waals surface area contributed by atoms with Crippen LogP contribution >= 0.6 is 0 Å². The first-order valence-electron chi connectivity index (χ1n) is 7.00. The Labute approximate surface area is 124 Å². The van der Waals surface area contributed by atoms with Crippen molar-refractivity contribution in [3.8, 4) is 0 Å². The van der Waals surface area contributed by atoms with Gasteiger partial charge in [-0.3, -0.25) is 4.55 Å². The molecule has 1 atom stereocenters. The summed E-state index contributed by atoms with van der Waals surface area (Å²) in [5.74, 6) is 0.313. The molecule has 1 N–H and O–H groups in total. The minimum Gasteiger partial charge on any atom is -0.366 e. The summed E-state index contributed by atoms with van der Waals surface area (Å²) in [6.07, 6.45) is 6.43. The van der Waals surface area contributed by atoms with Gasteiger partial charge in [-0.05, 0) is 16.7 Å². The van der Waals surface area contributed by atoms with Crippen molar-refractivity contribution in [2.45, 2.75) is 12.5 Å². The van der Waals surface area contributed by atoms with Gasteiger partial charge < -0.3 is 4.90 Å². The predicted octanol–water partition coefficient (Wildman–Crippen LogP) is 1.70. The number of benzene rings is 1. The Morgan fingerprint density at radius 2 is 2.05 bits per heavy atom. The molecule has 1 unspecified atom stereocenters. The summed E-state index contributed by atoms with van der Waals surface area (Å²) in [6.45, 7) is 1.95. The van der Waals surface area contributed by atoms with Crippen molar-refractivity contribution in [2.75, 3.05) is 24.5 Å². The zero-order valence-corrected chi connectivity index (χ0v) is 12.3. The summed E-state index contributed by atoms with van der Waals surface area (Å²) in [7, 11) is -4.16. The number of fused-ring (bicyclic) bond motifs is 2. The average Bonchev–Trinajstić information content (AvgIpc) is 2.81. The molecule has 0 radical (unpaired) electrons. The Morgan fingerprint density at radius 1 is 1.19 bits per heavy atom. The second-order valence-electron chi connectivity index (χ2n) is 5.69. The predicted molar refractivity (Wildman–Crippen MR) is 80.6 cm³/mol. The fourth-order valence-electron chi connectivity index (χ4n) is 3.54. The molecule has 0 aromatic heterocycles. The van der Waals surface area contributed by atoms with Crippen LogP contribution in [0, 0.1) is 0 Å². The molecule has 1 aliphatic carbocycles. The number of para-hydroxylation sites is 1. The van der Waals surface area contributed by atoms with Gasteiger partial charge in [0.1, 0.15) is 0 Å². The van der Waals surface area contributed by atoms with Crippen molar-refractivity contribution >= 4 is 16.0 Å². The minimum atomic E-state index is -4.16. The van der Waals surface area contributed by atoms with Crippen molar-refractivity contribution in [1.82, 2.24) is 4.31 Å². The maximum absolute atomic E-state index is 11.5. The molecule has 0 spiro atoms. The standard InChI is InChI=1S/C15H16N2O3S/c18-21(19,20)17-8-7-16-9-11-3-1-5-13(11)14-6-2-4-12(10-17)15(14)16/h1-6,13H,7-10H2,(H,18,19,20). The molecule has 1 aromatic carbocycles. The molecule has 110 valence electrons. The number of hydrogen-bond acceptors (Lipinski definition) is 3.